The van der Waals surface area contributed by atoms with Crippen molar-refractivity contribution < 1.29 is 14.3 Å². The van der Waals surface area contributed by atoms with Crippen LogP contribution in [0.3, 0.4) is 0 Å². The molecule has 3 heteroatoms. The zero-order valence-corrected chi connectivity index (χ0v) is 16.7. The molecular formula is C22H42O3. The van der Waals surface area contributed by atoms with Crippen molar-refractivity contribution in [2.24, 2.45) is 0 Å². The van der Waals surface area contributed by atoms with Crippen LogP contribution >= 0.6 is 0 Å². The molecule has 0 amide bonds. The molecule has 0 aliphatic carbocycles. The molecule has 0 bridgehead atoms. The predicted molar refractivity (Wildman–Crippen MR) is 105 cm³/mol. The molecule has 1 aliphatic heterocycles. The van der Waals surface area contributed by atoms with E-state index >= 15 is 0 Å². The lowest BCUT2D eigenvalue weighted by Gasteiger charge is -2.09. The summed E-state index contributed by atoms with van der Waals surface area (Å²) < 4.78 is 10.9. The lowest BCUT2D eigenvalue weighted by molar-refractivity contribution is -0.143. The number of carbonyl (C=O) groups is 1. The summed E-state index contributed by atoms with van der Waals surface area (Å²) in [5, 5.41) is 0. The summed E-state index contributed by atoms with van der Waals surface area (Å²) in [5.41, 5.74) is 0. The zero-order chi connectivity index (χ0) is 18.0. The van der Waals surface area contributed by atoms with Crippen LogP contribution in [0.2, 0.25) is 0 Å². The van der Waals surface area contributed by atoms with Gasteiger partial charge in [0.2, 0.25) is 0 Å². The SMILES string of the molecule is CCCCCCCCCCCCCC(=O)OCCCCC1CCCO1. The van der Waals surface area contributed by atoms with Crippen LogP contribution in [-0.2, 0) is 14.3 Å². The molecule has 0 radical (unpaired) electrons. The van der Waals surface area contributed by atoms with Crippen molar-refractivity contribution >= 4 is 5.97 Å². The van der Waals surface area contributed by atoms with Crippen molar-refractivity contribution in [2.45, 2.75) is 122 Å². The van der Waals surface area contributed by atoms with Crippen LogP contribution in [0.5, 0.6) is 0 Å². The monoisotopic (exact) mass is 354 g/mol. The molecule has 1 fully saturated rings. The number of unbranched alkanes of at least 4 members (excludes halogenated alkanes) is 11. The molecule has 3 nitrogen and oxygen atoms in total. The summed E-state index contributed by atoms with van der Waals surface area (Å²) in [6, 6.07) is 0. The van der Waals surface area contributed by atoms with Gasteiger partial charge in [0.1, 0.15) is 0 Å². The summed E-state index contributed by atoms with van der Waals surface area (Å²) in [4.78, 5) is 11.7. The zero-order valence-electron chi connectivity index (χ0n) is 16.7. The van der Waals surface area contributed by atoms with E-state index in [1.807, 2.05) is 0 Å². The van der Waals surface area contributed by atoms with Gasteiger partial charge in [-0.05, 0) is 38.5 Å². The molecule has 148 valence electrons. The van der Waals surface area contributed by atoms with Crippen molar-refractivity contribution in [2.75, 3.05) is 13.2 Å². The smallest absolute Gasteiger partial charge is 0.305 e. The standard InChI is InChI=1S/C22H42O3/c1-2-3-4-5-6-7-8-9-10-11-12-18-22(23)25-19-14-13-16-21-17-15-20-24-21/h21H,2-20H2,1H3. The second-order valence-corrected chi connectivity index (χ2v) is 7.64. The highest BCUT2D eigenvalue weighted by Gasteiger charge is 2.14. The van der Waals surface area contributed by atoms with Gasteiger partial charge >= 0.3 is 5.97 Å². The average Bonchev–Trinajstić information content (AvgIpc) is 3.13. The van der Waals surface area contributed by atoms with Crippen LogP contribution in [0.4, 0.5) is 0 Å². The topological polar surface area (TPSA) is 35.5 Å². The number of carbonyl (C=O) groups excluding carboxylic acids is 1. The normalized spacial score (nSPS) is 17.1. The molecule has 0 aromatic rings. The number of rotatable bonds is 17. The van der Waals surface area contributed by atoms with E-state index in [0.29, 0.717) is 19.1 Å². The number of hydrogen-bond acceptors (Lipinski definition) is 3. The summed E-state index contributed by atoms with van der Waals surface area (Å²) in [7, 11) is 0. The Kier molecular flexibility index (Phi) is 15.2. The predicted octanol–water partition coefficient (Wildman–Crippen LogP) is 6.58. The molecular weight excluding hydrogens is 312 g/mol. The lowest BCUT2D eigenvalue weighted by atomic mass is 10.1. The maximum absolute atomic E-state index is 11.7. The van der Waals surface area contributed by atoms with Crippen LogP contribution in [0, 0.1) is 0 Å². The first-order valence-corrected chi connectivity index (χ1v) is 11.1. The van der Waals surface area contributed by atoms with Crippen molar-refractivity contribution in [1.82, 2.24) is 0 Å². The van der Waals surface area contributed by atoms with Gasteiger partial charge in [0, 0.05) is 13.0 Å². The fraction of sp³-hybridized carbons (Fsp3) is 0.955. The van der Waals surface area contributed by atoms with Crippen molar-refractivity contribution in [3.8, 4) is 0 Å². The number of hydrogen-bond donors (Lipinski definition) is 0. The van der Waals surface area contributed by atoms with E-state index in [1.54, 1.807) is 0 Å². The Morgan fingerprint density at radius 1 is 0.880 bits per heavy atom. The Morgan fingerprint density at radius 2 is 1.52 bits per heavy atom. The Labute approximate surface area is 156 Å². The van der Waals surface area contributed by atoms with Crippen molar-refractivity contribution in [3.05, 3.63) is 0 Å². The van der Waals surface area contributed by atoms with E-state index in [-0.39, 0.29) is 5.97 Å². The van der Waals surface area contributed by atoms with Gasteiger partial charge in [-0.15, -0.1) is 0 Å². The minimum Gasteiger partial charge on any atom is -0.466 e. The maximum atomic E-state index is 11.7. The van der Waals surface area contributed by atoms with Crippen LogP contribution in [0.25, 0.3) is 0 Å². The third-order valence-corrected chi connectivity index (χ3v) is 5.19. The summed E-state index contributed by atoms with van der Waals surface area (Å²) in [5.74, 6) is -0.00644. The molecule has 1 unspecified atom stereocenters. The molecule has 0 N–H and O–H groups in total. The highest BCUT2D eigenvalue weighted by molar-refractivity contribution is 5.69. The Balaban J connectivity index is 1.73. The third kappa shape index (κ3) is 14.3. The maximum Gasteiger partial charge on any atom is 0.305 e. The van der Waals surface area contributed by atoms with Crippen LogP contribution in [-0.4, -0.2) is 25.3 Å². The Hall–Kier alpha value is -0.570. The van der Waals surface area contributed by atoms with E-state index in [4.69, 9.17) is 9.47 Å². The van der Waals surface area contributed by atoms with Gasteiger partial charge in [-0.1, -0.05) is 71.1 Å². The molecule has 1 atom stereocenters. The fourth-order valence-electron chi connectivity index (χ4n) is 3.54. The molecule has 0 aromatic heterocycles. The number of ether oxygens (including phenoxy) is 2. The van der Waals surface area contributed by atoms with Gasteiger partial charge in [0.05, 0.1) is 12.7 Å². The second kappa shape index (κ2) is 16.9. The van der Waals surface area contributed by atoms with Gasteiger partial charge < -0.3 is 9.47 Å². The Morgan fingerprint density at radius 3 is 2.12 bits per heavy atom. The first-order valence-electron chi connectivity index (χ1n) is 11.1. The van der Waals surface area contributed by atoms with Crippen LogP contribution < -0.4 is 0 Å². The largest absolute Gasteiger partial charge is 0.466 e. The van der Waals surface area contributed by atoms with Crippen LogP contribution in [0.1, 0.15) is 116 Å². The van der Waals surface area contributed by atoms with E-state index in [2.05, 4.69) is 6.92 Å². The highest BCUT2D eigenvalue weighted by Crippen LogP contribution is 2.17. The lowest BCUT2D eigenvalue weighted by Crippen LogP contribution is -2.08. The minimum atomic E-state index is -0.00644. The first-order chi connectivity index (χ1) is 12.3. The minimum absolute atomic E-state index is 0.00644. The third-order valence-electron chi connectivity index (χ3n) is 5.19. The summed E-state index contributed by atoms with van der Waals surface area (Å²) >= 11 is 0. The molecule has 0 spiro atoms. The van der Waals surface area contributed by atoms with Gasteiger partial charge in [-0.2, -0.15) is 0 Å². The summed E-state index contributed by atoms with van der Waals surface area (Å²) in [6.45, 7) is 3.78. The molecule has 1 saturated heterocycles. The van der Waals surface area contributed by atoms with Gasteiger partial charge in [-0.25, -0.2) is 0 Å². The van der Waals surface area contributed by atoms with E-state index < -0.39 is 0 Å². The van der Waals surface area contributed by atoms with Gasteiger partial charge in [0.25, 0.3) is 0 Å². The fourth-order valence-corrected chi connectivity index (χ4v) is 3.54. The Bertz CT molecular complexity index is 298. The van der Waals surface area contributed by atoms with Gasteiger partial charge in [0.15, 0.2) is 0 Å². The molecule has 1 rings (SSSR count). The van der Waals surface area contributed by atoms with Crippen molar-refractivity contribution in [1.29, 1.82) is 0 Å². The average molecular weight is 355 g/mol. The first kappa shape index (κ1) is 22.5. The van der Waals surface area contributed by atoms with E-state index in [1.165, 1.54) is 77.0 Å². The number of esters is 1. The van der Waals surface area contributed by atoms with Crippen molar-refractivity contribution in [3.63, 3.8) is 0 Å². The van der Waals surface area contributed by atoms with E-state index in [0.717, 1.165) is 32.3 Å². The molecule has 0 aromatic carbocycles. The van der Waals surface area contributed by atoms with E-state index in [9.17, 15) is 4.79 Å². The molecule has 1 heterocycles. The quantitative estimate of drug-likeness (QED) is 0.218. The molecule has 0 saturated carbocycles. The van der Waals surface area contributed by atoms with Crippen LogP contribution in [0.15, 0.2) is 0 Å². The summed E-state index contributed by atoms with van der Waals surface area (Å²) in [6.07, 6.45) is 21.1. The molecule has 1 aliphatic rings. The van der Waals surface area contributed by atoms with Gasteiger partial charge in [-0.3, -0.25) is 4.79 Å². The molecule has 25 heavy (non-hydrogen) atoms. The highest BCUT2D eigenvalue weighted by atomic mass is 16.5. The second-order valence-electron chi connectivity index (χ2n) is 7.64.